The molecule has 0 radical (unpaired) electrons. The number of unbranched alkanes of at least 4 members (excludes halogenated alkanes) is 2. The molecule has 31 heavy (non-hydrogen) atoms. The van der Waals surface area contributed by atoms with Crippen LogP contribution in [-0.2, 0) is 14.8 Å². The van der Waals surface area contributed by atoms with Crippen molar-refractivity contribution in [3.05, 3.63) is 29.6 Å². The maximum Gasteiger partial charge on any atom is 0.324 e. The number of carbonyl (C=O) groups is 2. The van der Waals surface area contributed by atoms with Crippen LogP contribution in [0.3, 0.4) is 0 Å². The summed E-state index contributed by atoms with van der Waals surface area (Å²) in [6, 6.07) is 3.49. The van der Waals surface area contributed by atoms with E-state index in [4.69, 9.17) is 4.74 Å². The van der Waals surface area contributed by atoms with E-state index in [1.807, 2.05) is 6.92 Å². The molecular formula is C21H30FN3O5S. The molecule has 0 spiro atoms. The number of amides is 3. The monoisotopic (exact) mass is 455 g/mol. The molecule has 2 fully saturated rings. The van der Waals surface area contributed by atoms with Gasteiger partial charge in [0.25, 0.3) is 0 Å². The Kier molecular flexibility index (Phi) is 7.53. The summed E-state index contributed by atoms with van der Waals surface area (Å²) in [6.45, 7) is 4.10. The maximum absolute atomic E-state index is 14.1. The first-order valence-corrected chi connectivity index (χ1v) is 12.3. The molecule has 3 amide bonds. The average Bonchev–Trinajstić information content (AvgIpc) is 3.48. The number of carbonyl (C=O) groups excluding carboxylic acids is 2. The van der Waals surface area contributed by atoms with Gasteiger partial charge in [0.05, 0.1) is 11.9 Å². The summed E-state index contributed by atoms with van der Waals surface area (Å²) in [4.78, 5) is 24.0. The normalized spacial score (nSPS) is 18.7. The second-order valence-electron chi connectivity index (χ2n) is 8.34. The zero-order chi connectivity index (χ0) is 22.6. The summed E-state index contributed by atoms with van der Waals surface area (Å²) in [5, 5.41) is 2.21. The lowest BCUT2D eigenvalue weighted by Crippen LogP contribution is -2.30. The van der Waals surface area contributed by atoms with Crippen molar-refractivity contribution >= 4 is 22.0 Å². The summed E-state index contributed by atoms with van der Waals surface area (Å²) in [6.07, 6.45) is 3.76. The molecule has 1 saturated heterocycles. The first-order valence-electron chi connectivity index (χ1n) is 10.7. The standard InChI is InChI=1S/C21H30FN3O5S/c1-14(17-8-9-18(22)19(12-17)30-15(2)16-6-7-16)24-31(28,29)11-5-3-4-10-25-13-20(26)23-21(25)27/h8-9,12,14-16,24H,3-7,10-11,13H2,1-2H3,(H,23,26,27)/t14-,15-/m1/s1. The van der Waals surface area contributed by atoms with Gasteiger partial charge in [-0.1, -0.05) is 12.5 Å². The van der Waals surface area contributed by atoms with E-state index in [1.54, 1.807) is 19.1 Å². The Bertz CT molecular complexity index is 920. The lowest BCUT2D eigenvalue weighted by atomic mass is 10.1. The number of halogens is 1. The summed E-state index contributed by atoms with van der Waals surface area (Å²) < 4.78 is 47.3. The summed E-state index contributed by atoms with van der Waals surface area (Å²) in [5.74, 6) is -0.223. The van der Waals surface area contributed by atoms with Crippen molar-refractivity contribution in [2.24, 2.45) is 5.92 Å². The van der Waals surface area contributed by atoms with Crippen molar-refractivity contribution in [3.63, 3.8) is 0 Å². The maximum atomic E-state index is 14.1. The predicted molar refractivity (Wildman–Crippen MR) is 114 cm³/mol. The van der Waals surface area contributed by atoms with Gasteiger partial charge in [-0.2, -0.15) is 0 Å². The quantitative estimate of drug-likeness (QED) is 0.372. The minimum Gasteiger partial charge on any atom is -0.487 e. The van der Waals surface area contributed by atoms with Gasteiger partial charge in [0.2, 0.25) is 15.9 Å². The van der Waals surface area contributed by atoms with E-state index in [0.717, 1.165) is 12.8 Å². The molecule has 1 aliphatic heterocycles. The highest BCUT2D eigenvalue weighted by Crippen LogP contribution is 2.35. The summed E-state index contributed by atoms with van der Waals surface area (Å²) in [7, 11) is -3.53. The smallest absolute Gasteiger partial charge is 0.324 e. The molecular weight excluding hydrogens is 425 g/mol. The highest BCUT2D eigenvalue weighted by Gasteiger charge is 2.30. The third-order valence-electron chi connectivity index (χ3n) is 5.62. The number of sulfonamides is 1. The third kappa shape index (κ3) is 6.90. The fourth-order valence-electron chi connectivity index (χ4n) is 3.57. The van der Waals surface area contributed by atoms with E-state index in [-0.39, 0.29) is 30.1 Å². The molecule has 172 valence electrons. The number of ether oxygens (including phenoxy) is 1. The van der Waals surface area contributed by atoms with Gasteiger partial charge in [-0.15, -0.1) is 0 Å². The lowest BCUT2D eigenvalue weighted by molar-refractivity contribution is -0.118. The number of hydrogen-bond acceptors (Lipinski definition) is 5. The zero-order valence-electron chi connectivity index (χ0n) is 17.9. The van der Waals surface area contributed by atoms with Crippen LogP contribution in [-0.4, -0.2) is 50.2 Å². The van der Waals surface area contributed by atoms with E-state index < -0.39 is 27.9 Å². The lowest BCUT2D eigenvalue weighted by Gasteiger charge is -2.18. The Balaban J connectivity index is 1.44. The van der Waals surface area contributed by atoms with E-state index in [0.29, 0.717) is 37.3 Å². The molecule has 1 heterocycles. The van der Waals surface area contributed by atoms with Gasteiger partial charge in [0.15, 0.2) is 11.6 Å². The largest absolute Gasteiger partial charge is 0.487 e. The number of imide groups is 1. The van der Waals surface area contributed by atoms with Gasteiger partial charge in [0, 0.05) is 12.6 Å². The molecule has 2 N–H and O–H groups in total. The molecule has 0 unspecified atom stereocenters. The van der Waals surface area contributed by atoms with Crippen LogP contribution in [0.15, 0.2) is 18.2 Å². The van der Waals surface area contributed by atoms with Gasteiger partial charge in [-0.3, -0.25) is 10.1 Å². The van der Waals surface area contributed by atoms with Crippen LogP contribution >= 0.6 is 0 Å². The summed E-state index contributed by atoms with van der Waals surface area (Å²) in [5.41, 5.74) is 0.632. The van der Waals surface area contributed by atoms with Crippen molar-refractivity contribution in [1.82, 2.24) is 14.9 Å². The number of nitrogens with one attached hydrogen (secondary N) is 2. The minimum atomic E-state index is -3.53. The molecule has 0 aromatic heterocycles. The van der Waals surface area contributed by atoms with Gasteiger partial charge in [-0.05, 0) is 63.1 Å². The molecule has 0 bridgehead atoms. The van der Waals surface area contributed by atoms with Crippen molar-refractivity contribution in [1.29, 1.82) is 0 Å². The molecule has 3 rings (SSSR count). The fraction of sp³-hybridized carbons (Fsp3) is 0.619. The number of urea groups is 1. The number of benzene rings is 1. The Morgan fingerprint density at radius 1 is 1.23 bits per heavy atom. The van der Waals surface area contributed by atoms with Crippen LogP contribution in [0.25, 0.3) is 0 Å². The zero-order valence-corrected chi connectivity index (χ0v) is 18.7. The fourth-order valence-corrected chi connectivity index (χ4v) is 4.95. The first kappa shape index (κ1) is 23.5. The Labute approximate surface area is 182 Å². The molecule has 1 aliphatic carbocycles. The van der Waals surface area contributed by atoms with Crippen LogP contribution < -0.4 is 14.8 Å². The highest BCUT2D eigenvalue weighted by molar-refractivity contribution is 7.89. The SMILES string of the molecule is C[C@@H](NS(=O)(=O)CCCCCN1CC(=O)NC1=O)c1ccc(F)c(O[C@H](C)C2CC2)c1. The number of rotatable bonds is 12. The van der Waals surface area contributed by atoms with Crippen molar-refractivity contribution in [2.45, 2.75) is 58.1 Å². The van der Waals surface area contributed by atoms with Gasteiger partial charge < -0.3 is 9.64 Å². The molecule has 8 nitrogen and oxygen atoms in total. The molecule has 2 atom stereocenters. The van der Waals surface area contributed by atoms with Crippen LogP contribution in [0.1, 0.15) is 57.6 Å². The molecule has 1 saturated carbocycles. The Morgan fingerprint density at radius 3 is 2.61 bits per heavy atom. The van der Waals surface area contributed by atoms with E-state index in [9.17, 15) is 22.4 Å². The second kappa shape index (κ2) is 9.95. The van der Waals surface area contributed by atoms with Crippen LogP contribution in [0.5, 0.6) is 5.75 Å². The minimum absolute atomic E-state index is 0.0499. The predicted octanol–water partition coefficient (Wildman–Crippen LogP) is 2.71. The molecule has 1 aromatic rings. The van der Waals surface area contributed by atoms with Gasteiger partial charge >= 0.3 is 6.03 Å². The number of hydrogen-bond donors (Lipinski definition) is 2. The van der Waals surface area contributed by atoms with Crippen molar-refractivity contribution in [2.75, 3.05) is 18.8 Å². The number of nitrogens with zero attached hydrogens (tertiary/aromatic N) is 1. The Hall–Kier alpha value is -2.20. The van der Waals surface area contributed by atoms with Crippen LogP contribution in [0.2, 0.25) is 0 Å². The Morgan fingerprint density at radius 2 is 1.97 bits per heavy atom. The first-order chi connectivity index (χ1) is 14.6. The topological polar surface area (TPSA) is 105 Å². The summed E-state index contributed by atoms with van der Waals surface area (Å²) >= 11 is 0. The van der Waals surface area contributed by atoms with E-state index in [1.165, 1.54) is 11.0 Å². The third-order valence-corrected chi connectivity index (χ3v) is 7.16. The molecule has 2 aliphatic rings. The second-order valence-corrected chi connectivity index (χ2v) is 10.2. The molecule has 1 aromatic carbocycles. The highest BCUT2D eigenvalue weighted by atomic mass is 32.2. The molecule has 10 heteroatoms. The van der Waals surface area contributed by atoms with Gasteiger partial charge in [0.1, 0.15) is 6.54 Å². The average molecular weight is 456 g/mol. The van der Waals surface area contributed by atoms with Crippen LogP contribution in [0, 0.1) is 11.7 Å². The van der Waals surface area contributed by atoms with Crippen molar-refractivity contribution < 1.29 is 27.1 Å². The van der Waals surface area contributed by atoms with E-state index in [2.05, 4.69) is 10.0 Å². The van der Waals surface area contributed by atoms with Crippen LogP contribution in [0.4, 0.5) is 9.18 Å². The van der Waals surface area contributed by atoms with Crippen molar-refractivity contribution in [3.8, 4) is 5.75 Å². The van der Waals surface area contributed by atoms with Gasteiger partial charge in [-0.25, -0.2) is 22.3 Å². The van der Waals surface area contributed by atoms with E-state index >= 15 is 0 Å².